The Morgan fingerprint density at radius 2 is 2.29 bits per heavy atom. The third-order valence-corrected chi connectivity index (χ3v) is 3.56. The van der Waals surface area contributed by atoms with Crippen LogP contribution in [0.4, 0.5) is 0 Å². The van der Waals surface area contributed by atoms with Gasteiger partial charge in [0, 0.05) is 18.9 Å². The molecule has 2 rings (SSSR count). The summed E-state index contributed by atoms with van der Waals surface area (Å²) < 4.78 is 5.19. The van der Waals surface area contributed by atoms with Gasteiger partial charge >= 0.3 is 0 Å². The van der Waals surface area contributed by atoms with Gasteiger partial charge in [0.15, 0.2) is 5.78 Å². The SMILES string of the molecule is CC(=O)c1cc(C2CCSCC2)on1. The second kappa shape index (κ2) is 4.17. The Morgan fingerprint density at radius 1 is 1.57 bits per heavy atom. The van der Waals surface area contributed by atoms with Crippen molar-refractivity contribution in [2.24, 2.45) is 0 Å². The van der Waals surface area contributed by atoms with Gasteiger partial charge < -0.3 is 4.52 Å². The van der Waals surface area contributed by atoms with Gasteiger partial charge in [-0.25, -0.2) is 0 Å². The van der Waals surface area contributed by atoms with Gasteiger partial charge in [-0.05, 0) is 24.3 Å². The molecule has 0 atom stereocenters. The van der Waals surface area contributed by atoms with Crippen molar-refractivity contribution >= 4 is 17.5 Å². The molecule has 0 unspecified atom stereocenters. The van der Waals surface area contributed by atoms with E-state index in [0.29, 0.717) is 11.6 Å². The lowest BCUT2D eigenvalue weighted by Crippen LogP contribution is -2.06. The maximum atomic E-state index is 11.0. The van der Waals surface area contributed by atoms with Crippen LogP contribution in [0.2, 0.25) is 0 Å². The smallest absolute Gasteiger partial charge is 0.181 e. The van der Waals surface area contributed by atoms with Crippen molar-refractivity contribution in [2.45, 2.75) is 25.7 Å². The zero-order valence-electron chi connectivity index (χ0n) is 8.16. The van der Waals surface area contributed by atoms with Crippen LogP contribution in [0.1, 0.15) is 41.9 Å². The average molecular weight is 211 g/mol. The van der Waals surface area contributed by atoms with Gasteiger partial charge in [0.25, 0.3) is 0 Å². The normalized spacial score (nSPS) is 18.4. The van der Waals surface area contributed by atoms with Gasteiger partial charge in [0.2, 0.25) is 0 Å². The molecule has 1 aromatic heterocycles. The molecule has 1 aromatic rings. The summed E-state index contributed by atoms with van der Waals surface area (Å²) >= 11 is 1.98. The minimum Gasteiger partial charge on any atom is -0.360 e. The van der Waals surface area contributed by atoms with Crippen molar-refractivity contribution in [3.8, 4) is 0 Å². The minimum absolute atomic E-state index is 0.0230. The Kier molecular flexibility index (Phi) is 2.91. The molecule has 1 saturated heterocycles. The highest BCUT2D eigenvalue weighted by molar-refractivity contribution is 7.99. The lowest BCUT2D eigenvalue weighted by molar-refractivity contribution is 0.100. The third kappa shape index (κ3) is 2.00. The first-order valence-electron chi connectivity index (χ1n) is 4.82. The highest BCUT2D eigenvalue weighted by Crippen LogP contribution is 2.31. The van der Waals surface area contributed by atoms with Crippen molar-refractivity contribution in [3.63, 3.8) is 0 Å². The first-order valence-corrected chi connectivity index (χ1v) is 5.98. The molecule has 0 amide bonds. The molecular formula is C10H13NO2S. The Labute approximate surface area is 87.2 Å². The van der Waals surface area contributed by atoms with Crippen LogP contribution < -0.4 is 0 Å². The molecular weight excluding hydrogens is 198 g/mol. The molecule has 3 nitrogen and oxygen atoms in total. The number of rotatable bonds is 2. The standard InChI is InChI=1S/C10H13NO2S/c1-7(12)9-6-10(13-11-9)8-2-4-14-5-3-8/h6,8H,2-5H2,1H3. The maximum Gasteiger partial charge on any atom is 0.181 e. The third-order valence-electron chi connectivity index (χ3n) is 2.51. The fraction of sp³-hybridized carbons (Fsp3) is 0.600. The number of hydrogen-bond acceptors (Lipinski definition) is 4. The van der Waals surface area contributed by atoms with Gasteiger partial charge in [-0.2, -0.15) is 11.8 Å². The van der Waals surface area contributed by atoms with Crippen LogP contribution in [0, 0.1) is 0 Å². The van der Waals surface area contributed by atoms with E-state index >= 15 is 0 Å². The molecule has 1 aliphatic heterocycles. The molecule has 0 saturated carbocycles. The largest absolute Gasteiger partial charge is 0.360 e. The molecule has 0 spiro atoms. The van der Waals surface area contributed by atoms with Crippen LogP contribution >= 0.6 is 11.8 Å². The Balaban J connectivity index is 2.11. The Bertz CT molecular complexity index is 329. The molecule has 1 fully saturated rings. The molecule has 4 heteroatoms. The predicted molar refractivity (Wildman–Crippen MR) is 55.8 cm³/mol. The number of carbonyl (C=O) groups is 1. The van der Waals surface area contributed by atoms with Crippen LogP contribution in [0.5, 0.6) is 0 Å². The summed E-state index contributed by atoms with van der Waals surface area (Å²) in [5, 5.41) is 3.76. The maximum absolute atomic E-state index is 11.0. The molecule has 0 aliphatic carbocycles. The summed E-state index contributed by atoms with van der Waals surface area (Å²) in [5.74, 6) is 3.69. The second-order valence-electron chi connectivity index (χ2n) is 3.56. The van der Waals surface area contributed by atoms with E-state index in [-0.39, 0.29) is 5.78 Å². The van der Waals surface area contributed by atoms with Crippen LogP contribution in [-0.4, -0.2) is 22.4 Å². The molecule has 0 radical (unpaired) electrons. The van der Waals surface area contributed by atoms with Crippen LogP contribution in [0.25, 0.3) is 0 Å². The summed E-state index contributed by atoms with van der Waals surface area (Å²) in [5.41, 5.74) is 0.457. The van der Waals surface area contributed by atoms with E-state index in [1.165, 1.54) is 18.4 Å². The van der Waals surface area contributed by atoms with Gasteiger partial charge in [0.05, 0.1) is 0 Å². The summed E-state index contributed by atoms with van der Waals surface area (Å²) in [7, 11) is 0. The first kappa shape index (κ1) is 9.77. The number of thioether (sulfide) groups is 1. The van der Waals surface area contributed by atoms with Crippen molar-refractivity contribution in [2.75, 3.05) is 11.5 Å². The lowest BCUT2D eigenvalue weighted by Gasteiger charge is -2.17. The molecule has 2 heterocycles. The monoisotopic (exact) mass is 211 g/mol. The van der Waals surface area contributed by atoms with E-state index in [4.69, 9.17) is 4.52 Å². The molecule has 0 bridgehead atoms. The number of carbonyl (C=O) groups excluding carboxylic acids is 1. The summed E-state index contributed by atoms with van der Waals surface area (Å²) in [6.45, 7) is 1.51. The Morgan fingerprint density at radius 3 is 2.86 bits per heavy atom. The van der Waals surface area contributed by atoms with Crippen molar-refractivity contribution in [1.29, 1.82) is 0 Å². The highest BCUT2D eigenvalue weighted by atomic mass is 32.2. The van der Waals surface area contributed by atoms with E-state index in [0.717, 1.165) is 18.6 Å². The predicted octanol–water partition coefficient (Wildman–Crippen LogP) is 2.49. The number of aromatic nitrogens is 1. The molecule has 1 aliphatic rings. The fourth-order valence-corrected chi connectivity index (χ4v) is 2.74. The molecule has 0 aromatic carbocycles. The van der Waals surface area contributed by atoms with Gasteiger partial charge in [-0.1, -0.05) is 5.16 Å². The lowest BCUT2D eigenvalue weighted by atomic mass is 9.99. The van der Waals surface area contributed by atoms with Crippen LogP contribution in [0.3, 0.4) is 0 Å². The van der Waals surface area contributed by atoms with Crippen molar-refractivity contribution < 1.29 is 9.32 Å². The first-order chi connectivity index (χ1) is 6.77. The second-order valence-corrected chi connectivity index (χ2v) is 4.78. The number of ketones is 1. The van der Waals surface area contributed by atoms with E-state index in [1.54, 1.807) is 6.07 Å². The zero-order valence-corrected chi connectivity index (χ0v) is 8.97. The fourth-order valence-electron chi connectivity index (χ4n) is 1.63. The van der Waals surface area contributed by atoms with Crippen molar-refractivity contribution in [3.05, 3.63) is 17.5 Å². The number of Topliss-reactive ketones (excluding diaryl/α,β-unsaturated/α-hetero) is 1. The minimum atomic E-state index is -0.0230. The van der Waals surface area contributed by atoms with E-state index < -0.39 is 0 Å². The van der Waals surface area contributed by atoms with Gasteiger partial charge in [-0.15, -0.1) is 0 Å². The molecule has 76 valence electrons. The molecule has 14 heavy (non-hydrogen) atoms. The van der Waals surface area contributed by atoms with E-state index in [1.807, 2.05) is 11.8 Å². The van der Waals surface area contributed by atoms with E-state index in [9.17, 15) is 4.79 Å². The zero-order chi connectivity index (χ0) is 9.97. The molecule has 0 N–H and O–H groups in total. The summed E-state index contributed by atoms with van der Waals surface area (Å²) in [4.78, 5) is 11.0. The van der Waals surface area contributed by atoms with Crippen molar-refractivity contribution in [1.82, 2.24) is 5.16 Å². The van der Waals surface area contributed by atoms with Crippen LogP contribution in [0.15, 0.2) is 10.6 Å². The van der Waals surface area contributed by atoms with Gasteiger partial charge in [-0.3, -0.25) is 4.79 Å². The number of nitrogens with zero attached hydrogens (tertiary/aromatic N) is 1. The summed E-state index contributed by atoms with van der Waals surface area (Å²) in [6.07, 6.45) is 2.27. The quantitative estimate of drug-likeness (QED) is 0.705. The number of hydrogen-bond donors (Lipinski definition) is 0. The highest BCUT2D eigenvalue weighted by Gasteiger charge is 2.20. The summed E-state index contributed by atoms with van der Waals surface area (Å²) in [6, 6.07) is 1.79. The van der Waals surface area contributed by atoms with E-state index in [2.05, 4.69) is 5.16 Å². The van der Waals surface area contributed by atoms with Gasteiger partial charge in [0.1, 0.15) is 11.5 Å². The topological polar surface area (TPSA) is 43.1 Å². The Hall–Kier alpha value is -0.770. The van der Waals surface area contributed by atoms with Crippen LogP contribution in [-0.2, 0) is 0 Å². The average Bonchev–Trinajstić information content (AvgIpc) is 2.68.